The number of carboxylic acid groups (broad SMARTS) is 1. The normalized spacial score (nSPS) is 19.6. The number of aliphatic carboxylic acids is 1. The molecule has 3 N–H and O–H groups in total. The van der Waals surface area contributed by atoms with Crippen LogP contribution in [0, 0.1) is 0 Å². The highest BCUT2D eigenvalue weighted by Gasteiger charge is 2.49. The summed E-state index contributed by atoms with van der Waals surface area (Å²) in [5.41, 5.74) is 7.50. The maximum atomic E-state index is 11.2. The Balaban J connectivity index is 2.33. The van der Waals surface area contributed by atoms with E-state index in [0.29, 0.717) is 13.2 Å². The zero-order valence-corrected chi connectivity index (χ0v) is 11.6. The van der Waals surface area contributed by atoms with Gasteiger partial charge < -0.3 is 15.6 Å². The Kier molecular flexibility index (Phi) is 3.41. The lowest BCUT2D eigenvalue weighted by atomic mass is 9.72. The van der Waals surface area contributed by atoms with Gasteiger partial charge in [-0.05, 0) is 16.5 Å². The van der Waals surface area contributed by atoms with Gasteiger partial charge in [-0.25, -0.2) is 0 Å². The number of ether oxygens (including phenoxy) is 1. The van der Waals surface area contributed by atoms with Crippen molar-refractivity contribution in [2.75, 3.05) is 13.2 Å². The van der Waals surface area contributed by atoms with Gasteiger partial charge in [0.15, 0.2) is 0 Å². The van der Waals surface area contributed by atoms with Gasteiger partial charge in [-0.2, -0.15) is 0 Å². The summed E-state index contributed by atoms with van der Waals surface area (Å²) in [5.74, 6) is -0.983. The molecule has 1 aromatic carbocycles. The minimum absolute atomic E-state index is 0.0801. The molecule has 1 fully saturated rings. The van der Waals surface area contributed by atoms with Crippen molar-refractivity contribution < 1.29 is 14.6 Å². The molecule has 4 heteroatoms. The predicted molar refractivity (Wildman–Crippen MR) is 73.3 cm³/mol. The molecule has 0 aliphatic carbocycles. The first-order valence-corrected chi connectivity index (χ1v) is 6.44. The van der Waals surface area contributed by atoms with E-state index in [1.54, 1.807) is 0 Å². The first-order chi connectivity index (χ1) is 8.77. The topological polar surface area (TPSA) is 72.6 Å². The highest BCUT2D eigenvalue weighted by molar-refractivity contribution is 5.76. The van der Waals surface area contributed by atoms with Gasteiger partial charge in [0.25, 0.3) is 0 Å². The van der Waals surface area contributed by atoms with Gasteiger partial charge in [-0.15, -0.1) is 0 Å². The summed E-state index contributed by atoms with van der Waals surface area (Å²) < 4.78 is 5.22. The van der Waals surface area contributed by atoms with Crippen molar-refractivity contribution in [3.05, 3.63) is 35.4 Å². The largest absolute Gasteiger partial charge is 0.480 e. The Morgan fingerprint density at radius 1 is 1.32 bits per heavy atom. The zero-order valence-electron chi connectivity index (χ0n) is 11.6. The van der Waals surface area contributed by atoms with Crippen molar-refractivity contribution in [3.63, 3.8) is 0 Å². The standard InChI is InChI=1S/C15H21NO3/c1-14(2,3)10-4-6-11(7-5-10)15(8-19-9-15)12(16)13(17)18/h4-7,12H,8-9,16H2,1-3H3,(H,17,18). The third-order valence-corrected chi connectivity index (χ3v) is 3.91. The van der Waals surface area contributed by atoms with Crippen LogP contribution in [0.5, 0.6) is 0 Å². The molecule has 1 unspecified atom stereocenters. The van der Waals surface area contributed by atoms with Gasteiger partial charge in [0.2, 0.25) is 0 Å². The number of benzene rings is 1. The van der Waals surface area contributed by atoms with E-state index in [9.17, 15) is 4.79 Å². The van der Waals surface area contributed by atoms with Gasteiger partial charge in [0, 0.05) is 0 Å². The summed E-state index contributed by atoms with van der Waals surface area (Å²) in [6.07, 6.45) is 0. The van der Waals surface area contributed by atoms with E-state index in [0.717, 1.165) is 5.56 Å². The SMILES string of the molecule is CC(C)(C)c1ccc(C2(C(N)C(=O)O)COC2)cc1. The number of hydrogen-bond acceptors (Lipinski definition) is 3. The van der Waals surface area contributed by atoms with Crippen LogP contribution in [-0.2, 0) is 20.4 Å². The summed E-state index contributed by atoms with van der Waals surface area (Å²) in [6, 6.07) is 7.12. The molecule has 1 heterocycles. The molecule has 1 aliphatic heterocycles. The Bertz CT molecular complexity index is 469. The van der Waals surface area contributed by atoms with Gasteiger partial charge in [-0.3, -0.25) is 4.79 Å². The van der Waals surface area contributed by atoms with Crippen LogP contribution in [0.4, 0.5) is 0 Å². The molecule has 0 amide bonds. The Labute approximate surface area is 113 Å². The van der Waals surface area contributed by atoms with E-state index in [-0.39, 0.29) is 5.41 Å². The summed E-state index contributed by atoms with van der Waals surface area (Å²) in [7, 11) is 0. The maximum absolute atomic E-state index is 11.2. The second-order valence-electron chi connectivity index (χ2n) is 6.29. The summed E-state index contributed by atoms with van der Waals surface area (Å²) in [5, 5.41) is 9.15. The van der Waals surface area contributed by atoms with Crippen LogP contribution in [0.25, 0.3) is 0 Å². The molecule has 0 radical (unpaired) electrons. The van der Waals surface area contributed by atoms with Gasteiger partial charge in [0.1, 0.15) is 6.04 Å². The molecule has 2 rings (SSSR count). The van der Waals surface area contributed by atoms with Crippen LogP contribution in [0.15, 0.2) is 24.3 Å². The van der Waals surface area contributed by atoms with Crippen LogP contribution in [0.3, 0.4) is 0 Å². The van der Waals surface area contributed by atoms with Crippen LogP contribution >= 0.6 is 0 Å². The van der Waals surface area contributed by atoms with Gasteiger partial charge >= 0.3 is 5.97 Å². The average Bonchev–Trinajstić information content (AvgIpc) is 2.26. The Morgan fingerprint density at radius 3 is 2.16 bits per heavy atom. The second kappa shape index (κ2) is 4.62. The first-order valence-electron chi connectivity index (χ1n) is 6.44. The summed E-state index contributed by atoms with van der Waals surface area (Å²) >= 11 is 0. The molecule has 0 saturated carbocycles. The van der Waals surface area contributed by atoms with Crippen molar-refractivity contribution in [2.45, 2.75) is 37.6 Å². The summed E-state index contributed by atoms with van der Waals surface area (Å²) in [6.45, 7) is 7.18. The quantitative estimate of drug-likeness (QED) is 0.870. The molecule has 0 aromatic heterocycles. The molecule has 0 spiro atoms. The fourth-order valence-electron chi connectivity index (χ4n) is 2.39. The van der Waals surface area contributed by atoms with Gasteiger partial charge in [0.05, 0.1) is 18.6 Å². The van der Waals surface area contributed by atoms with Crippen LogP contribution in [0.2, 0.25) is 0 Å². The molecule has 1 saturated heterocycles. The number of carboxylic acids is 1. The molecule has 0 bridgehead atoms. The average molecular weight is 263 g/mol. The minimum atomic E-state index is -0.983. The number of nitrogens with two attached hydrogens (primary N) is 1. The van der Waals surface area contributed by atoms with Crippen molar-refractivity contribution in [3.8, 4) is 0 Å². The Hall–Kier alpha value is -1.39. The maximum Gasteiger partial charge on any atom is 0.321 e. The second-order valence-corrected chi connectivity index (χ2v) is 6.29. The molecule has 104 valence electrons. The lowest BCUT2D eigenvalue weighted by Crippen LogP contribution is -2.61. The van der Waals surface area contributed by atoms with E-state index in [1.807, 2.05) is 24.3 Å². The first kappa shape index (κ1) is 14.0. The van der Waals surface area contributed by atoms with Crippen molar-refractivity contribution in [1.82, 2.24) is 0 Å². The van der Waals surface area contributed by atoms with Crippen LogP contribution < -0.4 is 5.73 Å². The lowest BCUT2D eigenvalue weighted by Gasteiger charge is -2.44. The Morgan fingerprint density at radius 2 is 1.84 bits per heavy atom. The minimum Gasteiger partial charge on any atom is -0.480 e. The number of rotatable bonds is 3. The molecule has 1 aromatic rings. The summed E-state index contributed by atoms with van der Waals surface area (Å²) in [4.78, 5) is 11.2. The van der Waals surface area contributed by atoms with E-state index in [4.69, 9.17) is 15.6 Å². The monoisotopic (exact) mass is 263 g/mol. The van der Waals surface area contributed by atoms with Crippen molar-refractivity contribution >= 4 is 5.97 Å². The zero-order chi connectivity index (χ0) is 14.3. The lowest BCUT2D eigenvalue weighted by molar-refractivity contribution is -0.148. The van der Waals surface area contributed by atoms with Crippen molar-refractivity contribution in [2.24, 2.45) is 5.73 Å². The molecule has 19 heavy (non-hydrogen) atoms. The number of carbonyl (C=O) groups is 1. The molecule has 1 aliphatic rings. The van der Waals surface area contributed by atoms with Crippen LogP contribution in [0.1, 0.15) is 31.9 Å². The highest BCUT2D eigenvalue weighted by atomic mass is 16.5. The fourth-order valence-corrected chi connectivity index (χ4v) is 2.39. The smallest absolute Gasteiger partial charge is 0.321 e. The third-order valence-electron chi connectivity index (χ3n) is 3.91. The highest BCUT2D eigenvalue weighted by Crippen LogP contribution is 2.36. The molecule has 1 atom stereocenters. The van der Waals surface area contributed by atoms with E-state index >= 15 is 0 Å². The third kappa shape index (κ3) is 2.38. The van der Waals surface area contributed by atoms with Gasteiger partial charge in [-0.1, -0.05) is 45.0 Å². The molecular weight excluding hydrogens is 242 g/mol. The van der Waals surface area contributed by atoms with Crippen LogP contribution in [-0.4, -0.2) is 30.3 Å². The predicted octanol–water partition coefficient (Wildman–Crippen LogP) is 1.66. The van der Waals surface area contributed by atoms with E-state index in [1.165, 1.54) is 5.56 Å². The number of hydrogen-bond donors (Lipinski definition) is 2. The van der Waals surface area contributed by atoms with E-state index in [2.05, 4.69) is 20.8 Å². The van der Waals surface area contributed by atoms with E-state index < -0.39 is 17.4 Å². The molecule has 4 nitrogen and oxygen atoms in total. The molecular formula is C15H21NO3. The fraction of sp³-hybridized carbons (Fsp3) is 0.533. The van der Waals surface area contributed by atoms with Crippen molar-refractivity contribution in [1.29, 1.82) is 0 Å².